The zero-order valence-electron chi connectivity index (χ0n) is 12.4. The highest BCUT2D eigenvalue weighted by Crippen LogP contribution is 2.51. The Labute approximate surface area is 130 Å². The van der Waals surface area contributed by atoms with Gasteiger partial charge in [-0.05, 0) is 24.1 Å². The number of rotatable bonds is 1. The van der Waals surface area contributed by atoms with Crippen LogP contribution in [0.25, 0.3) is 0 Å². The second-order valence-electron chi connectivity index (χ2n) is 6.09. The van der Waals surface area contributed by atoms with E-state index in [2.05, 4.69) is 0 Å². The third kappa shape index (κ3) is 1.75. The molecule has 8 heteroatoms. The van der Waals surface area contributed by atoms with Crippen LogP contribution in [0.5, 0.6) is 0 Å². The van der Waals surface area contributed by atoms with E-state index in [-0.39, 0.29) is 30.3 Å². The number of anilines is 2. The Hall–Kier alpha value is -2.22. The number of hydrogen-bond acceptors (Lipinski definition) is 4. The van der Waals surface area contributed by atoms with Gasteiger partial charge in [0.25, 0.3) is 5.92 Å². The van der Waals surface area contributed by atoms with Crippen molar-refractivity contribution in [1.29, 1.82) is 0 Å². The van der Waals surface area contributed by atoms with Crippen LogP contribution < -0.4 is 15.5 Å². The SMILES string of the molecule is CN1C(=O)CC(F)(F)c2c1ccc1c2C[C@H]2[C@H](CN)OC(=O)N12. The number of carbonyl (C=O) groups excluding carboxylic acids is 2. The Balaban J connectivity index is 1.90. The zero-order valence-corrected chi connectivity index (χ0v) is 12.4. The molecule has 0 unspecified atom stereocenters. The van der Waals surface area contributed by atoms with Crippen molar-refractivity contribution >= 4 is 23.4 Å². The lowest BCUT2D eigenvalue weighted by Gasteiger charge is -2.33. The van der Waals surface area contributed by atoms with E-state index in [9.17, 15) is 18.4 Å². The number of nitrogens with zero attached hydrogens (tertiary/aromatic N) is 2. The van der Waals surface area contributed by atoms with Gasteiger partial charge in [0.05, 0.1) is 29.4 Å². The Morgan fingerprint density at radius 1 is 1.35 bits per heavy atom. The van der Waals surface area contributed by atoms with E-state index >= 15 is 0 Å². The summed E-state index contributed by atoms with van der Waals surface area (Å²) >= 11 is 0. The summed E-state index contributed by atoms with van der Waals surface area (Å²) in [7, 11) is 1.48. The molecular formula is C15H15F2N3O3. The molecule has 2 N–H and O–H groups in total. The van der Waals surface area contributed by atoms with Crippen LogP contribution in [0, 0.1) is 0 Å². The Morgan fingerprint density at radius 2 is 2.04 bits per heavy atom. The second-order valence-corrected chi connectivity index (χ2v) is 6.09. The van der Waals surface area contributed by atoms with Gasteiger partial charge in [-0.25, -0.2) is 13.6 Å². The van der Waals surface area contributed by atoms with Crippen LogP contribution in [0.15, 0.2) is 12.1 Å². The highest BCUT2D eigenvalue weighted by molar-refractivity contribution is 6.00. The number of hydrogen-bond donors (Lipinski definition) is 1. The minimum atomic E-state index is -3.24. The Morgan fingerprint density at radius 3 is 2.74 bits per heavy atom. The van der Waals surface area contributed by atoms with Crippen molar-refractivity contribution in [2.75, 3.05) is 23.4 Å². The van der Waals surface area contributed by atoms with Gasteiger partial charge < -0.3 is 15.4 Å². The molecule has 1 saturated heterocycles. The molecule has 3 heterocycles. The fourth-order valence-corrected chi connectivity index (χ4v) is 3.76. The molecule has 2 amide bonds. The molecule has 3 aliphatic heterocycles. The molecule has 1 aromatic rings. The molecule has 3 aliphatic rings. The fraction of sp³-hybridized carbons (Fsp3) is 0.467. The van der Waals surface area contributed by atoms with Crippen molar-refractivity contribution in [2.45, 2.75) is 30.9 Å². The van der Waals surface area contributed by atoms with Gasteiger partial charge in [0.1, 0.15) is 6.10 Å². The third-order valence-corrected chi connectivity index (χ3v) is 4.86. The smallest absolute Gasteiger partial charge is 0.415 e. The number of halogens is 2. The molecular weight excluding hydrogens is 308 g/mol. The molecule has 6 nitrogen and oxygen atoms in total. The molecule has 2 atom stereocenters. The number of fused-ring (bicyclic) bond motifs is 5. The van der Waals surface area contributed by atoms with Crippen molar-refractivity contribution < 1.29 is 23.1 Å². The predicted octanol–water partition coefficient (Wildman–Crippen LogP) is 1.35. The predicted molar refractivity (Wildman–Crippen MR) is 77.7 cm³/mol. The number of benzene rings is 1. The molecule has 1 fully saturated rings. The first-order chi connectivity index (χ1) is 10.8. The summed E-state index contributed by atoms with van der Waals surface area (Å²) in [4.78, 5) is 26.4. The highest BCUT2D eigenvalue weighted by atomic mass is 19.3. The molecule has 4 rings (SSSR count). The minimum absolute atomic E-state index is 0.137. The zero-order chi connectivity index (χ0) is 16.5. The third-order valence-electron chi connectivity index (χ3n) is 4.86. The lowest BCUT2D eigenvalue weighted by Crippen LogP contribution is -2.39. The van der Waals surface area contributed by atoms with Crippen LogP contribution in [0.4, 0.5) is 25.0 Å². The first-order valence-corrected chi connectivity index (χ1v) is 7.36. The quantitative estimate of drug-likeness (QED) is 0.846. The maximum Gasteiger partial charge on any atom is 0.415 e. The number of carbonyl (C=O) groups is 2. The van der Waals surface area contributed by atoms with E-state index in [1.807, 2.05) is 0 Å². The fourth-order valence-electron chi connectivity index (χ4n) is 3.76. The van der Waals surface area contributed by atoms with Gasteiger partial charge in [0, 0.05) is 13.6 Å². The summed E-state index contributed by atoms with van der Waals surface area (Å²) in [5.74, 6) is -3.87. The van der Waals surface area contributed by atoms with Crippen molar-refractivity contribution in [1.82, 2.24) is 0 Å². The van der Waals surface area contributed by atoms with Crippen molar-refractivity contribution in [2.24, 2.45) is 5.73 Å². The monoisotopic (exact) mass is 323 g/mol. The summed E-state index contributed by atoms with van der Waals surface area (Å²) in [5, 5.41) is 0. The van der Waals surface area contributed by atoms with E-state index in [0.717, 1.165) is 0 Å². The van der Waals surface area contributed by atoms with E-state index < -0.39 is 30.4 Å². The first kappa shape index (κ1) is 14.4. The van der Waals surface area contributed by atoms with Crippen LogP contribution in [0.1, 0.15) is 17.5 Å². The second kappa shape index (κ2) is 4.41. The summed E-state index contributed by atoms with van der Waals surface area (Å²) in [5.41, 5.74) is 6.49. The summed E-state index contributed by atoms with van der Waals surface area (Å²) in [6.45, 7) is 0.137. The maximum absolute atomic E-state index is 14.5. The average Bonchev–Trinajstić information content (AvgIpc) is 3.01. The highest BCUT2D eigenvalue weighted by Gasteiger charge is 2.52. The number of amides is 2. The maximum atomic E-state index is 14.5. The lowest BCUT2D eigenvalue weighted by molar-refractivity contribution is -0.127. The van der Waals surface area contributed by atoms with E-state index in [0.29, 0.717) is 11.3 Å². The van der Waals surface area contributed by atoms with Crippen LogP contribution in [-0.4, -0.2) is 37.7 Å². The molecule has 0 radical (unpaired) electrons. The summed E-state index contributed by atoms with van der Waals surface area (Å²) < 4.78 is 34.2. The molecule has 0 bridgehead atoms. The first-order valence-electron chi connectivity index (χ1n) is 7.36. The molecule has 0 saturated carbocycles. The average molecular weight is 323 g/mol. The summed E-state index contributed by atoms with van der Waals surface area (Å²) in [6.07, 6.45) is -1.68. The van der Waals surface area contributed by atoms with E-state index in [4.69, 9.17) is 10.5 Å². The van der Waals surface area contributed by atoms with Crippen molar-refractivity contribution in [3.63, 3.8) is 0 Å². The molecule has 23 heavy (non-hydrogen) atoms. The normalized spacial score (nSPS) is 27.7. The number of cyclic esters (lactones) is 1. The molecule has 122 valence electrons. The largest absolute Gasteiger partial charge is 0.442 e. The summed E-state index contributed by atoms with van der Waals surface area (Å²) in [6, 6.07) is 2.69. The van der Waals surface area contributed by atoms with Gasteiger partial charge in [0.2, 0.25) is 5.91 Å². The topological polar surface area (TPSA) is 75.9 Å². The van der Waals surface area contributed by atoms with Crippen LogP contribution >= 0.6 is 0 Å². The Kier molecular flexibility index (Phi) is 2.76. The van der Waals surface area contributed by atoms with Gasteiger partial charge in [-0.2, -0.15) is 0 Å². The van der Waals surface area contributed by atoms with Gasteiger partial charge in [-0.1, -0.05) is 0 Å². The van der Waals surface area contributed by atoms with E-state index in [1.165, 1.54) is 22.9 Å². The number of ether oxygens (including phenoxy) is 1. The van der Waals surface area contributed by atoms with Crippen LogP contribution in [0.2, 0.25) is 0 Å². The molecule has 0 aliphatic carbocycles. The van der Waals surface area contributed by atoms with Gasteiger partial charge in [0.15, 0.2) is 0 Å². The molecule has 0 aromatic heterocycles. The van der Waals surface area contributed by atoms with Gasteiger partial charge >= 0.3 is 6.09 Å². The van der Waals surface area contributed by atoms with Crippen LogP contribution in [0.3, 0.4) is 0 Å². The van der Waals surface area contributed by atoms with Crippen molar-refractivity contribution in [3.8, 4) is 0 Å². The standard InChI is InChI=1S/C15H15F2N3O3/c1-19-9-3-2-8-7(13(9)15(16,17)5-12(19)21)4-10-11(6-18)23-14(22)20(8)10/h2-3,10-11H,4-6,18H2,1H3/t10-,11-/m0/s1. The number of alkyl halides is 2. The van der Waals surface area contributed by atoms with Crippen molar-refractivity contribution in [3.05, 3.63) is 23.3 Å². The van der Waals surface area contributed by atoms with E-state index in [1.54, 1.807) is 6.07 Å². The van der Waals surface area contributed by atoms with Crippen LogP contribution in [-0.2, 0) is 21.9 Å². The van der Waals surface area contributed by atoms with Gasteiger partial charge in [-0.15, -0.1) is 0 Å². The number of nitrogens with two attached hydrogens (primary N) is 1. The molecule has 0 spiro atoms. The molecule has 1 aromatic carbocycles. The Bertz CT molecular complexity index is 737. The lowest BCUT2D eigenvalue weighted by atomic mass is 9.90. The van der Waals surface area contributed by atoms with Gasteiger partial charge in [-0.3, -0.25) is 9.69 Å². The minimum Gasteiger partial charge on any atom is -0.442 e.